The number of rotatable bonds is 5. The second-order valence-electron chi connectivity index (χ2n) is 5.66. The number of anilines is 1. The predicted molar refractivity (Wildman–Crippen MR) is 81.0 cm³/mol. The molecule has 2 rings (SSSR count). The van der Waals surface area contributed by atoms with Gasteiger partial charge in [-0.05, 0) is 37.3 Å². The summed E-state index contributed by atoms with van der Waals surface area (Å²) in [6, 6.07) is 7.47. The van der Waals surface area contributed by atoms with Gasteiger partial charge < -0.3 is 16.2 Å². The summed E-state index contributed by atoms with van der Waals surface area (Å²) in [5.74, 6) is -0.886. The van der Waals surface area contributed by atoms with E-state index in [1.54, 1.807) is 0 Å². The number of nitrogens with two attached hydrogens (primary N) is 1. The summed E-state index contributed by atoms with van der Waals surface area (Å²) >= 11 is 0. The van der Waals surface area contributed by atoms with E-state index in [-0.39, 0.29) is 24.3 Å². The number of aliphatic carboxylic acids is 1. The van der Waals surface area contributed by atoms with Crippen LogP contribution in [0.1, 0.15) is 37.7 Å². The number of hydrogen-bond donors (Lipinski definition) is 3. The van der Waals surface area contributed by atoms with Crippen molar-refractivity contribution >= 4 is 17.6 Å². The molecule has 4 N–H and O–H groups in total. The molecule has 0 radical (unpaired) electrons. The highest BCUT2D eigenvalue weighted by atomic mass is 16.4. The van der Waals surface area contributed by atoms with Gasteiger partial charge in [0.15, 0.2) is 0 Å². The van der Waals surface area contributed by atoms with Crippen molar-refractivity contribution in [3.05, 3.63) is 29.8 Å². The molecular formula is C16H22N2O3. The SMILES string of the molecule is NC1CCCC(C(=O)Nc2ccccc2CCC(=O)O)C1. The van der Waals surface area contributed by atoms with Crippen LogP contribution in [-0.2, 0) is 16.0 Å². The van der Waals surface area contributed by atoms with Gasteiger partial charge in [0.25, 0.3) is 0 Å². The van der Waals surface area contributed by atoms with Gasteiger partial charge in [-0.25, -0.2) is 0 Å². The number of amides is 1. The zero-order valence-corrected chi connectivity index (χ0v) is 12.0. The number of benzene rings is 1. The lowest BCUT2D eigenvalue weighted by atomic mass is 9.85. The fourth-order valence-corrected chi connectivity index (χ4v) is 2.80. The van der Waals surface area contributed by atoms with Gasteiger partial charge >= 0.3 is 5.97 Å². The summed E-state index contributed by atoms with van der Waals surface area (Å²) in [5, 5.41) is 11.7. The van der Waals surface area contributed by atoms with Crippen LogP contribution in [0.2, 0.25) is 0 Å². The van der Waals surface area contributed by atoms with Gasteiger partial charge in [-0.15, -0.1) is 0 Å². The number of aryl methyl sites for hydroxylation is 1. The van der Waals surface area contributed by atoms with Gasteiger partial charge in [0.1, 0.15) is 0 Å². The Morgan fingerprint density at radius 3 is 2.76 bits per heavy atom. The van der Waals surface area contributed by atoms with Crippen LogP contribution in [-0.4, -0.2) is 23.0 Å². The first-order chi connectivity index (χ1) is 10.1. The molecule has 2 unspecified atom stereocenters. The number of para-hydroxylation sites is 1. The van der Waals surface area contributed by atoms with Gasteiger partial charge in [0.2, 0.25) is 5.91 Å². The van der Waals surface area contributed by atoms with Crippen molar-refractivity contribution < 1.29 is 14.7 Å². The molecule has 1 aliphatic rings. The maximum atomic E-state index is 12.3. The lowest BCUT2D eigenvalue weighted by Gasteiger charge is -2.26. The monoisotopic (exact) mass is 290 g/mol. The first-order valence-corrected chi connectivity index (χ1v) is 7.42. The smallest absolute Gasteiger partial charge is 0.303 e. The Morgan fingerprint density at radius 2 is 2.05 bits per heavy atom. The van der Waals surface area contributed by atoms with E-state index in [4.69, 9.17) is 10.8 Å². The molecule has 0 spiro atoms. The lowest BCUT2D eigenvalue weighted by Crippen LogP contribution is -2.34. The second kappa shape index (κ2) is 7.22. The Balaban J connectivity index is 2.01. The van der Waals surface area contributed by atoms with Crippen LogP contribution in [0.25, 0.3) is 0 Å². The number of carboxylic acids is 1. The molecule has 0 bridgehead atoms. The van der Waals surface area contributed by atoms with Gasteiger partial charge in [0.05, 0.1) is 0 Å². The molecule has 0 heterocycles. The van der Waals surface area contributed by atoms with Crippen LogP contribution < -0.4 is 11.1 Å². The molecule has 0 aromatic heterocycles. The third-order valence-electron chi connectivity index (χ3n) is 3.97. The lowest BCUT2D eigenvalue weighted by molar-refractivity contribution is -0.137. The summed E-state index contributed by atoms with van der Waals surface area (Å²) in [4.78, 5) is 23.0. The van der Waals surface area contributed by atoms with E-state index in [0.29, 0.717) is 12.1 Å². The van der Waals surface area contributed by atoms with Crippen molar-refractivity contribution in [3.8, 4) is 0 Å². The summed E-state index contributed by atoms with van der Waals surface area (Å²) in [6.07, 6.45) is 4.04. The Labute approximate surface area is 124 Å². The van der Waals surface area contributed by atoms with Crippen molar-refractivity contribution in [1.82, 2.24) is 0 Å². The summed E-state index contributed by atoms with van der Waals surface area (Å²) in [5.41, 5.74) is 7.49. The van der Waals surface area contributed by atoms with Crippen LogP contribution in [0, 0.1) is 5.92 Å². The van der Waals surface area contributed by atoms with E-state index < -0.39 is 5.97 Å². The molecule has 5 heteroatoms. The van der Waals surface area contributed by atoms with E-state index in [2.05, 4.69) is 5.32 Å². The summed E-state index contributed by atoms with van der Waals surface area (Å²) in [7, 11) is 0. The summed E-state index contributed by atoms with van der Waals surface area (Å²) in [6.45, 7) is 0. The number of hydrogen-bond acceptors (Lipinski definition) is 3. The summed E-state index contributed by atoms with van der Waals surface area (Å²) < 4.78 is 0. The van der Waals surface area contributed by atoms with Crippen LogP contribution in [0.4, 0.5) is 5.69 Å². The number of carbonyl (C=O) groups excluding carboxylic acids is 1. The highest BCUT2D eigenvalue weighted by Gasteiger charge is 2.25. The minimum Gasteiger partial charge on any atom is -0.481 e. The normalized spacial score (nSPS) is 21.8. The predicted octanol–water partition coefficient (Wildman–Crippen LogP) is 2.16. The molecule has 0 aliphatic heterocycles. The first kappa shape index (κ1) is 15.5. The van der Waals surface area contributed by atoms with Crippen molar-refractivity contribution in [1.29, 1.82) is 0 Å². The first-order valence-electron chi connectivity index (χ1n) is 7.42. The Hall–Kier alpha value is -1.88. The fraction of sp³-hybridized carbons (Fsp3) is 0.500. The Morgan fingerprint density at radius 1 is 1.29 bits per heavy atom. The molecule has 1 aliphatic carbocycles. The van der Waals surface area contributed by atoms with Crippen LogP contribution >= 0.6 is 0 Å². The molecule has 1 aromatic rings. The van der Waals surface area contributed by atoms with E-state index in [1.807, 2.05) is 24.3 Å². The van der Waals surface area contributed by atoms with Crippen LogP contribution in [0.3, 0.4) is 0 Å². The third kappa shape index (κ3) is 4.56. The molecule has 5 nitrogen and oxygen atoms in total. The third-order valence-corrected chi connectivity index (χ3v) is 3.97. The maximum absolute atomic E-state index is 12.3. The zero-order chi connectivity index (χ0) is 15.2. The van der Waals surface area contributed by atoms with E-state index in [0.717, 1.165) is 31.2 Å². The van der Waals surface area contributed by atoms with Crippen molar-refractivity contribution in [2.24, 2.45) is 11.7 Å². The highest BCUT2D eigenvalue weighted by Crippen LogP contribution is 2.25. The van der Waals surface area contributed by atoms with Gasteiger partial charge in [-0.1, -0.05) is 24.6 Å². The number of carboxylic acid groups (broad SMARTS) is 1. The zero-order valence-electron chi connectivity index (χ0n) is 12.0. The molecule has 0 saturated heterocycles. The Bertz CT molecular complexity index is 516. The second-order valence-corrected chi connectivity index (χ2v) is 5.66. The highest BCUT2D eigenvalue weighted by molar-refractivity contribution is 5.93. The molecular weight excluding hydrogens is 268 g/mol. The molecule has 2 atom stereocenters. The van der Waals surface area contributed by atoms with Crippen molar-refractivity contribution in [2.75, 3.05) is 5.32 Å². The largest absolute Gasteiger partial charge is 0.481 e. The van der Waals surface area contributed by atoms with E-state index >= 15 is 0 Å². The van der Waals surface area contributed by atoms with Crippen molar-refractivity contribution in [3.63, 3.8) is 0 Å². The molecule has 21 heavy (non-hydrogen) atoms. The average molecular weight is 290 g/mol. The number of carbonyl (C=O) groups is 2. The maximum Gasteiger partial charge on any atom is 0.303 e. The molecule has 1 amide bonds. The standard InChI is InChI=1S/C16H22N2O3/c17-13-6-3-5-12(10-13)16(21)18-14-7-2-1-4-11(14)8-9-15(19)20/h1-2,4,7,12-13H,3,5-6,8-10,17H2,(H,18,21)(H,19,20). The van der Waals surface area contributed by atoms with Crippen molar-refractivity contribution in [2.45, 2.75) is 44.6 Å². The molecule has 114 valence electrons. The minimum atomic E-state index is -0.839. The molecule has 1 saturated carbocycles. The van der Waals surface area contributed by atoms with Crippen LogP contribution in [0.15, 0.2) is 24.3 Å². The quantitative estimate of drug-likeness (QED) is 0.774. The van der Waals surface area contributed by atoms with Gasteiger partial charge in [0, 0.05) is 24.1 Å². The van der Waals surface area contributed by atoms with E-state index in [1.165, 1.54) is 0 Å². The van der Waals surface area contributed by atoms with Gasteiger partial charge in [-0.3, -0.25) is 9.59 Å². The fourth-order valence-electron chi connectivity index (χ4n) is 2.80. The molecule has 1 aromatic carbocycles. The average Bonchev–Trinajstić information content (AvgIpc) is 2.46. The molecule has 1 fully saturated rings. The Kier molecular flexibility index (Phi) is 5.33. The van der Waals surface area contributed by atoms with Crippen LogP contribution in [0.5, 0.6) is 0 Å². The topological polar surface area (TPSA) is 92.4 Å². The number of nitrogens with one attached hydrogen (secondary N) is 1. The minimum absolute atomic E-state index is 0.00655. The van der Waals surface area contributed by atoms with E-state index in [9.17, 15) is 9.59 Å². The van der Waals surface area contributed by atoms with Gasteiger partial charge in [-0.2, -0.15) is 0 Å².